The van der Waals surface area contributed by atoms with Crippen LogP contribution in [0.5, 0.6) is 0 Å². The van der Waals surface area contributed by atoms with E-state index in [0.29, 0.717) is 6.54 Å². The Morgan fingerprint density at radius 3 is 2.67 bits per heavy atom. The Morgan fingerprint density at radius 1 is 1.29 bits per heavy atom. The van der Waals surface area contributed by atoms with Crippen LogP contribution >= 0.6 is 22.9 Å². The summed E-state index contributed by atoms with van der Waals surface area (Å²) in [6.45, 7) is 3.55. The van der Waals surface area contributed by atoms with E-state index in [9.17, 15) is 0 Å². The van der Waals surface area contributed by atoms with Gasteiger partial charge in [0.15, 0.2) is 5.96 Å². The van der Waals surface area contributed by atoms with E-state index < -0.39 is 0 Å². The van der Waals surface area contributed by atoms with Crippen LogP contribution in [0, 0.1) is 6.92 Å². The molecule has 0 spiro atoms. The molecule has 0 aliphatic rings. The summed E-state index contributed by atoms with van der Waals surface area (Å²) in [5.74, 6) is 0.789. The number of nitrogens with zero attached hydrogens (tertiary/aromatic N) is 2. The van der Waals surface area contributed by atoms with Crippen LogP contribution in [-0.4, -0.2) is 24.5 Å². The number of aromatic nitrogens is 1. The van der Waals surface area contributed by atoms with E-state index in [2.05, 4.69) is 26.0 Å². The third-order valence-corrected chi connectivity index (χ3v) is 4.01. The molecule has 0 radical (unpaired) electrons. The summed E-state index contributed by atoms with van der Waals surface area (Å²) >= 11 is 7.55. The summed E-state index contributed by atoms with van der Waals surface area (Å²) < 4.78 is 0. The lowest BCUT2D eigenvalue weighted by Crippen LogP contribution is -2.37. The van der Waals surface area contributed by atoms with E-state index in [0.717, 1.165) is 40.2 Å². The van der Waals surface area contributed by atoms with Crippen LogP contribution in [0.2, 0.25) is 5.02 Å². The smallest absolute Gasteiger partial charge is 0.191 e. The fraction of sp³-hybridized carbons (Fsp3) is 0.333. The van der Waals surface area contributed by atoms with Crippen molar-refractivity contribution in [1.29, 1.82) is 0 Å². The van der Waals surface area contributed by atoms with Crippen molar-refractivity contribution in [2.45, 2.75) is 19.9 Å². The van der Waals surface area contributed by atoms with Crippen LogP contribution in [0.3, 0.4) is 0 Å². The maximum atomic E-state index is 5.87. The molecule has 0 atom stereocenters. The third kappa shape index (κ3) is 5.36. The number of hydrogen-bond donors (Lipinski definition) is 2. The first-order valence-corrected chi connectivity index (χ1v) is 8.03. The van der Waals surface area contributed by atoms with Crippen molar-refractivity contribution in [2.75, 3.05) is 13.6 Å². The highest BCUT2D eigenvalue weighted by molar-refractivity contribution is 7.09. The van der Waals surface area contributed by atoms with E-state index in [1.54, 1.807) is 18.4 Å². The molecular weight excluding hydrogens is 304 g/mol. The maximum absolute atomic E-state index is 5.87. The fourth-order valence-electron chi connectivity index (χ4n) is 1.84. The normalized spacial score (nSPS) is 11.5. The highest BCUT2D eigenvalue weighted by Crippen LogP contribution is 2.09. The quantitative estimate of drug-likeness (QED) is 0.657. The Morgan fingerprint density at radius 2 is 2.05 bits per heavy atom. The number of nitrogens with one attached hydrogen (secondary N) is 2. The van der Waals surface area contributed by atoms with Crippen molar-refractivity contribution in [3.05, 3.63) is 50.9 Å². The summed E-state index contributed by atoms with van der Waals surface area (Å²) in [5, 5.41) is 10.5. The van der Waals surface area contributed by atoms with Crippen LogP contribution < -0.4 is 10.6 Å². The number of guanidine groups is 1. The summed E-state index contributed by atoms with van der Waals surface area (Å²) in [7, 11) is 1.77. The number of benzene rings is 1. The number of rotatable bonds is 5. The van der Waals surface area contributed by atoms with Gasteiger partial charge in [-0.3, -0.25) is 4.99 Å². The SMILES string of the molecule is CN=C(NCCc1csc(C)n1)NCc1ccc(Cl)cc1. The zero-order valence-electron chi connectivity index (χ0n) is 12.2. The van der Waals surface area contributed by atoms with Gasteiger partial charge in [-0.25, -0.2) is 4.98 Å². The molecule has 0 fully saturated rings. The molecule has 1 aromatic heterocycles. The number of halogens is 1. The molecule has 0 saturated carbocycles. The Kier molecular flexibility index (Phi) is 6.02. The van der Waals surface area contributed by atoms with E-state index in [-0.39, 0.29) is 0 Å². The summed E-state index contributed by atoms with van der Waals surface area (Å²) in [6, 6.07) is 7.78. The molecule has 0 unspecified atom stereocenters. The highest BCUT2D eigenvalue weighted by Gasteiger charge is 2.01. The molecule has 0 amide bonds. The van der Waals surface area contributed by atoms with Crippen molar-refractivity contribution in [2.24, 2.45) is 4.99 Å². The molecule has 2 N–H and O–H groups in total. The van der Waals surface area contributed by atoms with Crippen molar-refractivity contribution in [3.63, 3.8) is 0 Å². The predicted molar refractivity (Wildman–Crippen MR) is 90.2 cm³/mol. The average molecular weight is 323 g/mol. The van der Waals surface area contributed by atoms with Gasteiger partial charge in [-0.1, -0.05) is 23.7 Å². The second kappa shape index (κ2) is 8.00. The standard InChI is InChI=1S/C15H19ClN4S/c1-11-20-14(10-21-11)7-8-18-15(17-2)19-9-12-3-5-13(16)6-4-12/h3-6,10H,7-9H2,1-2H3,(H2,17,18,19). The zero-order chi connectivity index (χ0) is 15.1. The van der Waals surface area contributed by atoms with Crippen LogP contribution in [-0.2, 0) is 13.0 Å². The summed E-state index contributed by atoms with van der Waals surface area (Å²) in [4.78, 5) is 8.65. The van der Waals surface area contributed by atoms with Gasteiger partial charge in [-0.2, -0.15) is 0 Å². The Hall–Kier alpha value is -1.59. The van der Waals surface area contributed by atoms with Crippen LogP contribution in [0.1, 0.15) is 16.3 Å². The first-order chi connectivity index (χ1) is 10.2. The molecule has 112 valence electrons. The molecule has 4 nitrogen and oxygen atoms in total. The molecular formula is C15H19ClN4S. The summed E-state index contributed by atoms with van der Waals surface area (Å²) in [6.07, 6.45) is 0.895. The minimum atomic E-state index is 0.715. The maximum Gasteiger partial charge on any atom is 0.191 e. The summed E-state index contributed by atoms with van der Waals surface area (Å²) in [5.41, 5.74) is 2.29. The molecule has 21 heavy (non-hydrogen) atoms. The number of aryl methyl sites for hydroxylation is 1. The second-order valence-electron chi connectivity index (χ2n) is 4.59. The molecule has 2 aromatic rings. The second-order valence-corrected chi connectivity index (χ2v) is 6.09. The van der Waals surface area contributed by atoms with Gasteiger partial charge in [0.25, 0.3) is 0 Å². The van der Waals surface area contributed by atoms with E-state index in [1.165, 1.54) is 0 Å². The largest absolute Gasteiger partial charge is 0.356 e. The van der Waals surface area contributed by atoms with Gasteiger partial charge >= 0.3 is 0 Å². The van der Waals surface area contributed by atoms with Crippen LogP contribution in [0.15, 0.2) is 34.6 Å². The lowest BCUT2D eigenvalue weighted by molar-refractivity contribution is 0.786. The monoisotopic (exact) mass is 322 g/mol. The van der Waals surface area contributed by atoms with Gasteiger partial charge in [-0.05, 0) is 24.6 Å². The number of hydrogen-bond acceptors (Lipinski definition) is 3. The van der Waals surface area contributed by atoms with Crippen molar-refractivity contribution in [1.82, 2.24) is 15.6 Å². The minimum absolute atomic E-state index is 0.715. The van der Waals surface area contributed by atoms with E-state index in [4.69, 9.17) is 11.6 Å². The van der Waals surface area contributed by atoms with Gasteiger partial charge in [0, 0.05) is 37.0 Å². The molecule has 1 heterocycles. The lowest BCUT2D eigenvalue weighted by atomic mass is 10.2. The van der Waals surface area contributed by atoms with Crippen molar-refractivity contribution in [3.8, 4) is 0 Å². The first kappa shape index (κ1) is 15.8. The Labute approximate surface area is 134 Å². The first-order valence-electron chi connectivity index (χ1n) is 6.77. The van der Waals surface area contributed by atoms with Crippen LogP contribution in [0.4, 0.5) is 0 Å². The third-order valence-electron chi connectivity index (χ3n) is 2.94. The van der Waals surface area contributed by atoms with Crippen LogP contribution in [0.25, 0.3) is 0 Å². The van der Waals surface area contributed by atoms with Gasteiger partial charge in [0.05, 0.1) is 10.7 Å². The molecule has 0 aliphatic heterocycles. The molecule has 0 bridgehead atoms. The lowest BCUT2D eigenvalue weighted by Gasteiger charge is -2.11. The minimum Gasteiger partial charge on any atom is -0.356 e. The molecule has 1 aromatic carbocycles. The fourth-order valence-corrected chi connectivity index (χ4v) is 2.61. The zero-order valence-corrected chi connectivity index (χ0v) is 13.8. The van der Waals surface area contributed by atoms with Crippen molar-refractivity contribution < 1.29 is 0 Å². The average Bonchev–Trinajstić information content (AvgIpc) is 2.90. The predicted octanol–water partition coefficient (Wildman–Crippen LogP) is 3.01. The van der Waals surface area contributed by atoms with E-state index in [1.807, 2.05) is 31.2 Å². The van der Waals surface area contributed by atoms with Gasteiger partial charge < -0.3 is 10.6 Å². The molecule has 0 aliphatic carbocycles. The highest BCUT2D eigenvalue weighted by atomic mass is 35.5. The molecule has 6 heteroatoms. The Bertz CT molecular complexity index is 592. The van der Waals surface area contributed by atoms with Crippen molar-refractivity contribution >= 4 is 28.9 Å². The van der Waals surface area contributed by atoms with Gasteiger partial charge in [0.1, 0.15) is 0 Å². The van der Waals surface area contributed by atoms with Gasteiger partial charge in [-0.15, -0.1) is 11.3 Å². The number of aliphatic imine (C=N–C) groups is 1. The molecule has 2 rings (SSSR count). The number of thiazole rings is 1. The Balaban J connectivity index is 1.74. The van der Waals surface area contributed by atoms with E-state index >= 15 is 0 Å². The van der Waals surface area contributed by atoms with Gasteiger partial charge in [0.2, 0.25) is 0 Å². The topological polar surface area (TPSA) is 49.3 Å². The molecule has 0 saturated heterocycles.